The summed E-state index contributed by atoms with van der Waals surface area (Å²) < 4.78 is 3.26. The lowest BCUT2D eigenvalue weighted by Gasteiger charge is -2.17. The van der Waals surface area contributed by atoms with Crippen LogP contribution >= 0.6 is 15.9 Å². The van der Waals surface area contributed by atoms with Crippen LogP contribution in [0.3, 0.4) is 0 Å². The van der Waals surface area contributed by atoms with Gasteiger partial charge in [0.2, 0.25) is 0 Å². The predicted molar refractivity (Wildman–Crippen MR) is 80.6 cm³/mol. The summed E-state index contributed by atoms with van der Waals surface area (Å²) in [5.74, 6) is 6.74. The third kappa shape index (κ3) is 3.65. The highest BCUT2D eigenvalue weighted by Crippen LogP contribution is 2.18. The van der Waals surface area contributed by atoms with E-state index >= 15 is 0 Å². The maximum atomic E-state index is 5.68. The number of hydrogen-bond acceptors (Lipinski definition) is 3. The van der Waals surface area contributed by atoms with Crippen LogP contribution in [0.5, 0.6) is 0 Å². The van der Waals surface area contributed by atoms with E-state index in [1.165, 1.54) is 5.56 Å². The average Bonchev–Trinajstić information content (AvgIpc) is 2.87. The highest BCUT2D eigenvalue weighted by Gasteiger charge is 2.13. The van der Waals surface area contributed by atoms with Crippen LogP contribution in [0.1, 0.15) is 18.3 Å². The second-order valence-electron chi connectivity index (χ2n) is 4.49. The molecule has 2 rings (SSSR count). The van der Waals surface area contributed by atoms with Crippen molar-refractivity contribution in [2.75, 3.05) is 0 Å². The van der Waals surface area contributed by atoms with Gasteiger partial charge in [0.15, 0.2) is 0 Å². The third-order valence-corrected chi connectivity index (χ3v) is 4.00. The average molecular weight is 323 g/mol. The summed E-state index contributed by atoms with van der Waals surface area (Å²) in [6, 6.07) is 8.39. The Morgan fingerprint density at radius 2 is 2.16 bits per heavy atom. The summed E-state index contributed by atoms with van der Waals surface area (Å²) in [6.07, 6.45) is 5.53. The molecule has 0 spiro atoms. The quantitative estimate of drug-likeness (QED) is 0.633. The lowest BCUT2D eigenvalue weighted by molar-refractivity contribution is 0.499. The Bertz CT molecular complexity index is 524. The van der Waals surface area contributed by atoms with Crippen molar-refractivity contribution in [2.45, 2.75) is 32.4 Å². The van der Waals surface area contributed by atoms with Crippen molar-refractivity contribution in [1.82, 2.24) is 15.0 Å². The third-order valence-electron chi connectivity index (χ3n) is 3.23. The Morgan fingerprint density at radius 1 is 1.37 bits per heavy atom. The highest BCUT2D eigenvalue weighted by molar-refractivity contribution is 9.10. The van der Waals surface area contributed by atoms with Gasteiger partial charge in [0, 0.05) is 35.9 Å². The fourth-order valence-electron chi connectivity index (χ4n) is 2.16. The van der Waals surface area contributed by atoms with Crippen LogP contribution < -0.4 is 11.3 Å². The minimum absolute atomic E-state index is 0.173. The number of nitrogens with two attached hydrogens (primary N) is 1. The second kappa shape index (κ2) is 6.84. The van der Waals surface area contributed by atoms with Crippen LogP contribution in [0.15, 0.2) is 41.1 Å². The van der Waals surface area contributed by atoms with Crippen LogP contribution in [0.25, 0.3) is 0 Å². The number of rotatable bonds is 6. The maximum Gasteiger partial charge on any atom is 0.110 e. The Balaban J connectivity index is 2.07. The molecule has 102 valence electrons. The van der Waals surface area contributed by atoms with Gasteiger partial charge in [0.25, 0.3) is 0 Å². The van der Waals surface area contributed by atoms with Gasteiger partial charge in [-0.25, -0.2) is 4.98 Å². The summed E-state index contributed by atoms with van der Waals surface area (Å²) >= 11 is 3.57. The zero-order valence-electron chi connectivity index (χ0n) is 11.0. The van der Waals surface area contributed by atoms with Gasteiger partial charge in [-0.1, -0.05) is 34.1 Å². The summed E-state index contributed by atoms with van der Waals surface area (Å²) in [7, 11) is 0. The number of nitrogens with one attached hydrogen (secondary N) is 1. The van der Waals surface area contributed by atoms with Crippen molar-refractivity contribution >= 4 is 15.9 Å². The fourth-order valence-corrected chi connectivity index (χ4v) is 2.60. The molecule has 0 saturated carbocycles. The summed E-state index contributed by atoms with van der Waals surface area (Å²) in [6.45, 7) is 3.05. The number of nitrogens with zero attached hydrogens (tertiary/aromatic N) is 2. The van der Waals surface area contributed by atoms with Crippen molar-refractivity contribution < 1.29 is 0 Å². The Hall–Kier alpha value is -1.17. The number of aryl methyl sites for hydroxylation is 1. The maximum absolute atomic E-state index is 5.68. The molecule has 0 aliphatic rings. The van der Waals surface area contributed by atoms with Gasteiger partial charge in [-0.15, -0.1) is 0 Å². The first-order chi connectivity index (χ1) is 9.24. The van der Waals surface area contributed by atoms with Crippen molar-refractivity contribution in [2.24, 2.45) is 5.84 Å². The van der Waals surface area contributed by atoms with Crippen LogP contribution in [-0.2, 0) is 19.4 Å². The molecule has 3 N–H and O–H groups in total. The first-order valence-electron chi connectivity index (χ1n) is 6.44. The lowest BCUT2D eigenvalue weighted by atomic mass is 10.0. The molecule has 1 aromatic heterocycles. The molecule has 2 aromatic rings. The molecule has 0 saturated heterocycles. The first kappa shape index (κ1) is 14.2. The molecular weight excluding hydrogens is 304 g/mol. The van der Waals surface area contributed by atoms with Crippen LogP contribution in [0.2, 0.25) is 0 Å². The molecule has 1 unspecified atom stereocenters. The van der Waals surface area contributed by atoms with E-state index in [4.69, 9.17) is 5.84 Å². The van der Waals surface area contributed by atoms with E-state index in [1.807, 2.05) is 24.5 Å². The van der Waals surface area contributed by atoms with Crippen molar-refractivity contribution in [3.63, 3.8) is 0 Å². The van der Waals surface area contributed by atoms with E-state index in [0.717, 1.165) is 29.7 Å². The van der Waals surface area contributed by atoms with E-state index in [1.54, 1.807) is 0 Å². The van der Waals surface area contributed by atoms with Gasteiger partial charge < -0.3 is 4.57 Å². The van der Waals surface area contributed by atoms with E-state index in [0.29, 0.717) is 0 Å². The molecule has 4 nitrogen and oxygen atoms in total. The van der Waals surface area contributed by atoms with Crippen LogP contribution in [0, 0.1) is 0 Å². The standard InChI is InChI=1S/C14H19BrN4/c1-2-19-8-7-17-14(19)10-12(18-16)9-11-5-3-4-6-13(11)15/h3-8,12,18H,2,9-10,16H2,1H3. The number of hydrazine groups is 1. The highest BCUT2D eigenvalue weighted by atomic mass is 79.9. The van der Waals surface area contributed by atoms with Gasteiger partial charge in [-0.2, -0.15) is 0 Å². The van der Waals surface area contributed by atoms with Crippen molar-refractivity contribution in [3.8, 4) is 0 Å². The summed E-state index contributed by atoms with van der Waals surface area (Å²) in [4.78, 5) is 4.39. The Labute approximate surface area is 122 Å². The molecule has 1 atom stereocenters. The molecular formula is C14H19BrN4. The largest absolute Gasteiger partial charge is 0.335 e. The van der Waals surface area contributed by atoms with E-state index in [-0.39, 0.29) is 6.04 Å². The minimum atomic E-state index is 0.173. The number of imidazole rings is 1. The fraction of sp³-hybridized carbons (Fsp3) is 0.357. The molecule has 0 fully saturated rings. The Kier molecular flexibility index (Phi) is 5.13. The SMILES string of the molecule is CCn1ccnc1CC(Cc1ccccc1Br)NN. The van der Waals surface area contributed by atoms with E-state index in [2.05, 4.69) is 50.0 Å². The van der Waals surface area contributed by atoms with Crippen LogP contribution in [0.4, 0.5) is 0 Å². The van der Waals surface area contributed by atoms with Gasteiger partial charge in [-0.05, 0) is 25.0 Å². The second-order valence-corrected chi connectivity index (χ2v) is 5.35. The zero-order valence-corrected chi connectivity index (χ0v) is 12.6. The van der Waals surface area contributed by atoms with Gasteiger partial charge in [-0.3, -0.25) is 11.3 Å². The molecule has 1 heterocycles. The number of hydrogen-bond donors (Lipinski definition) is 2. The van der Waals surface area contributed by atoms with Crippen molar-refractivity contribution in [3.05, 3.63) is 52.5 Å². The summed E-state index contributed by atoms with van der Waals surface area (Å²) in [5.41, 5.74) is 4.14. The molecule has 0 aliphatic heterocycles. The topological polar surface area (TPSA) is 55.9 Å². The van der Waals surface area contributed by atoms with Gasteiger partial charge >= 0.3 is 0 Å². The number of benzene rings is 1. The smallest absolute Gasteiger partial charge is 0.110 e. The van der Waals surface area contributed by atoms with Gasteiger partial charge in [0.05, 0.1) is 0 Å². The first-order valence-corrected chi connectivity index (χ1v) is 7.23. The molecule has 1 aromatic carbocycles. The zero-order chi connectivity index (χ0) is 13.7. The molecule has 0 bridgehead atoms. The van der Waals surface area contributed by atoms with E-state index in [9.17, 15) is 0 Å². The monoisotopic (exact) mass is 322 g/mol. The summed E-state index contributed by atoms with van der Waals surface area (Å²) in [5, 5.41) is 0. The van der Waals surface area contributed by atoms with Crippen molar-refractivity contribution in [1.29, 1.82) is 0 Å². The normalized spacial score (nSPS) is 12.6. The minimum Gasteiger partial charge on any atom is -0.335 e. The number of halogens is 1. The molecule has 5 heteroatoms. The predicted octanol–water partition coefficient (Wildman–Crippen LogP) is 2.28. The molecule has 19 heavy (non-hydrogen) atoms. The van der Waals surface area contributed by atoms with E-state index < -0.39 is 0 Å². The molecule has 0 radical (unpaired) electrons. The Morgan fingerprint density at radius 3 is 2.84 bits per heavy atom. The number of aromatic nitrogens is 2. The lowest BCUT2D eigenvalue weighted by Crippen LogP contribution is -2.39. The molecule has 0 aliphatic carbocycles. The van der Waals surface area contributed by atoms with Gasteiger partial charge in [0.1, 0.15) is 5.82 Å². The molecule has 0 amide bonds. The van der Waals surface area contributed by atoms with Crippen LogP contribution in [-0.4, -0.2) is 15.6 Å².